The van der Waals surface area contributed by atoms with Crippen molar-refractivity contribution in [2.45, 2.75) is 20.0 Å². The van der Waals surface area contributed by atoms with Crippen LogP contribution >= 0.6 is 15.9 Å². The Bertz CT molecular complexity index is 1510. The molecule has 5 aromatic rings. The number of nitrogens with one attached hydrogen (secondary N) is 3. The Morgan fingerprint density at radius 3 is 2.71 bits per heavy atom. The van der Waals surface area contributed by atoms with Gasteiger partial charge in [-0.2, -0.15) is 0 Å². The number of ether oxygens (including phenoxy) is 2. The van der Waals surface area contributed by atoms with Gasteiger partial charge in [0.25, 0.3) is 0 Å². The van der Waals surface area contributed by atoms with E-state index in [1.54, 1.807) is 6.07 Å². The lowest BCUT2D eigenvalue weighted by atomic mass is 10.1. The van der Waals surface area contributed by atoms with Crippen LogP contribution in [0.2, 0.25) is 0 Å². The number of aryl methyl sites for hydroxylation is 1. The summed E-state index contributed by atoms with van der Waals surface area (Å²) in [4.78, 5) is 18.5. The molecule has 6 nitrogen and oxygen atoms in total. The Kier molecular flexibility index (Phi) is 6.46. The first-order valence-corrected chi connectivity index (χ1v) is 12.0. The molecule has 3 aromatic carbocycles. The van der Waals surface area contributed by atoms with Gasteiger partial charge in [-0.25, -0.2) is 9.18 Å². The molecule has 2 heterocycles. The van der Waals surface area contributed by atoms with Crippen LogP contribution in [0.4, 0.5) is 9.18 Å². The van der Waals surface area contributed by atoms with Crippen molar-refractivity contribution in [3.8, 4) is 11.6 Å². The Morgan fingerprint density at radius 2 is 1.89 bits per heavy atom. The molecule has 8 heteroatoms. The molecule has 0 aliphatic rings. The number of hydrogen-bond acceptors (Lipinski definition) is 3. The maximum atomic E-state index is 14.2. The lowest BCUT2D eigenvalue weighted by molar-refractivity contribution is 0.199. The predicted molar refractivity (Wildman–Crippen MR) is 137 cm³/mol. The van der Waals surface area contributed by atoms with Gasteiger partial charge in [0.1, 0.15) is 18.2 Å². The predicted octanol–water partition coefficient (Wildman–Crippen LogP) is 6.77. The number of fused-ring (bicyclic) bond motifs is 2. The fourth-order valence-electron chi connectivity index (χ4n) is 4.12. The summed E-state index contributed by atoms with van der Waals surface area (Å²) in [6.07, 6.45) is -0.0343. The molecule has 0 spiro atoms. The number of halogens is 2. The fourth-order valence-corrected chi connectivity index (χ4v) is 4.55. The number of carbonyl (C=O) groups excluding carboxylic acids is 1. The minimum atomic E-state index is -0.568. The summed E-state index contributed by atoms with van der Waals surface area (Å²) in [5.74, 6) is 0.742. The summed E-state index contributed by atoms with van der Waals surface area (Å²) >= 11 is 3.34. The first kappa shape index (κ1) is 23.0. The molecule has 0 saturated carbocycles. The van der Waals surface area contributed by atoms with Gasteiger partial charge in [0, 0.05) is 39.6 Å². The van der Waals surface area contributed by atoms with Crippen molar-refractivity contribution in [1.82, 2.24) is 15.3 Å². The first-order valence-electron chi connectivity index (χ1n) is 11.2. The maximum Gasteiger partial charge on any atom is 0.413 e. The topological polar surface area (TPSA) is 79.1 Å². The third-order valence-electron chi connectivity index (χ3n) is 5.81. The highest BCUT2D eigenvalue weighted by Crippen LogP contribution is 2.28. The molecule has 3 N–H and O–H groups in total. The zero-order valence-corrected chi connectivity index (χ0v) is 20.5. The van der Waals surface area contributed by atoms with Crippen LogP contribution < -0.4 is 14.8 Å². The summed E-state index contributed by atoms with van der Waals surface area (Å²) in [6.45, 7) is 2.71. The van der Waals surface area contributed by atoms with Crippen molar-refractivity contribution in [1.29, 1.82) is 0 Å². The van der Waals surface area contributed by atoms with Crippen molar-refractivity contribution in [3.63, 3.8) is 0 Å². The zero-order chi connectivity index (χ0) is 24.4. The van der Waals surface area contributed by atoms with Crippen molar-refractivity contribution in [3.05, 3.63) is 93.8 Å². The van der Waals surface area contributed by atoms with E-state index in [1.165, 1.54) is 6.07 Å². The monoisotopic (exact) mass is 535 g/mol. The molecule has 0 bridgehead atoms. The van der Waals surface area contributed by atoms with E-state index in [-0.39, 0.29) is 5.82 Å². The van der Waals surface area contributed by atoms with E-state index in [9.17, 15) is 9.18 Å². The van der Waals surface area contributed by atoms with Crippen LogP contribution in [0.1, 0.15) is 16.8 Å². The molecule has 0 saturated heterocycles. The molecular weight excluding hydrogens is 513 g/mol. The SMILES string of the molecule is Cc1[nH]c2c(F)cc(Br)cc2c1CCNC(=O)Oc1cc2ccc(OCc3ccccc3)cc2[nH]1. The molecule has 35 heavy (non-hydrogen) atoms. The van der Waals surface area contributed by atoms with Gasteiger partial charge in [0.2, 0.25) is 5.88 Å². The van der Waals surface area contributed by atoms with Crippen molar-refractivity contribution in [2.24, 2.45) is 0 Å². The van der Waals surface area contributed by atoms with Crippen LogP contribution in [-0.4, -0.2) is 22.6 Å². The minimum Gasteiger partial charge on any atom is -0.489 e. The van der Waals surface area contributed by atoms with Crippen molar-refractivity contribution >= 4 is 43.8 Å². The second-order valence-electron chi connectivity index (χ2n) is 8.26. The highest BCUT2D eigenvalue weighted by Gasteiger charge is 2.14. The average Bonchev–Trinajstić information content (AvgIpc) is 3.38. The molecule has 0 aliphatic heterocycles. The van der Waals surface area contributed by atoms with Crippen LogP contribution in [0, 0.1) is 12.7 Å². The third kappa shape index (κ3) is 5.17. The van der Waals surface area contributed by atoms with E-state index in [0.717, 1.165) is 38.9 Å². The Labute approximate surface area is 209 Å². The van der Waals surface area contributed by atoms with Crippen LogP contribution in [0.5, 0.6) is 11.6 Å². The number of hydrogen-bond donors (Lipinski definition) is 3. The molecule has 0 fully saturated rings. The first-order chi connectivity index (χ1) is 17.0. The lowest BCUT2D eigenvalue weighted by Crippen LogP contribution is -2.28. The summed E-state index contributed by atoms with van der Waals surface area (Å²) < 4.78 is 26.2. The number of aromatic nitrogens is 2. The number of rotatable bonds is 7. The maximum absolute atomic E-state index is 14.2. The summed E-state index contributed by atoms with van der Waals surface area (Å²) in [5, 5.41) is 4.46. The molecule has 178 valence electrons. The number of aromatic amines is 2. The molecule has 0 atom stereocenters. The van der Waals surface area contributed by atoms with Gasteiger partial charge >= 0.3 is 6.09 Å². The van der Waals surface area contributed by atoms with Gasteiger partial charge in [-0.1, -0.05) is 46.3 Å². The van der Waals surface area contributed by atoms with Gasteiger partial charge in [-0.05, 0) is 48.7 Å². The van der Waals surface area contributed by atoms with Gasteiger partial charge < -0.3 is 24.8 Å². The van der Waals surface area contributed by atoms with E-state index in [4.69, 9.17) is 9.47 Å². The Morgan fingerprint density at radius 1 is 1.06 bits per heavy atom. The van der Waals surface area contributed by atoms with E-state index in [0.29, 0.717) is 35.4 Å². The Hall–Kier alpha value is -3.78. The molecule has 1 amide bonds. The van der Waals surface area contributed by atoms with Gasteiger partial charge in [-0.3, -0.25) is 0 Å². The van der Waals surface area contributed by atoms with Crippen molar-refractivity contribution < 1.29 is 18.7 Å². The number of carbonyl (C=O) groups is 1. The van der Waals surface area contributed by atoms with Gasteiger partial charge in [0.05, 0.1) is 11.0 Å². The van der Waals surface area contributed by atoms with E-state index >= 15 is 0 Å². The summed E-state index contributed by atoms with van der Waals surface area (Å²) in [5.41, 5.74) is 4.18. The van der Waals surface area contributed by atoms with Crippen LogP contribution in [0.3, 0.4) is 0 Å². The van der Waals surface area contributed by atoms with Crippen molar-refractivity contribution in [2.75, 3.05) is 6.54 Å². The smallest absolute Gasteiger partial charge is 0.413 e. The highest BCUT2D eigenvalue weighted by molar-refractivity contribution is 9.10. The van der Waals surface area contributed by atoms with E-state index in [2.05, 4.69) is 31.2 Å². The number of amides is 1. The van der Waals surface area contributed by atoms with E-state index in [1.807, 2.05) is 61.5 Å². The fraction of sp³-hybridized carbons (Fsp3) is 0.148. The largest absolute Gasteiger partial charge is 0.489 e. The van der Waals surface area contributed by atoms with Gasteiger partial charge in [-0.15, -0.1) is 0 Å². The second kappa shape index (κ2) is 9.84. The number of H-pyrrole nitrogens is 2. The van der Waals surface area contributed by atoms with Crippen LogP contribution in [0.15, 0.2) is 71.2 Å². The molecule has 0 radical (unpaired) electrons. The molecular formula is C27H23BrFN3O3. The van der Waals surface area contributed by atoms with Crippen LogP contribution in [0.25, 0.3) is 21.8 Å². The second-order valence-corrected chi connectivity index (χ2v) is 9.18. The Balaban J connectivity index is 1.18. The number of benzene rings is 3. The summed E-state index contributed by atoms with van der Waals surface area (Å²) in [7, 11) is 0. The molecule has 0 aliphatic carbocycles. The zero-order valence-electron chi connectivity index (χ0n) is 19.0. The third-order valence-corrected chi connectivity index (χ3v) is 6.27. The molecule has 2 aromatic heterocycles. The highest BCUT2D eigenvalue weighted by atomic mass is 79.9. The molecule has 0 unspecified atom stereocenters. The molecule has 5 rings (SSSR count). The average molecular weight is 536 g/mol. The minimum absolute atomic E-state index is 0.316. The van der Waals surface area contributed by atoms with E-state index < -0.39 is 6.09 Å². The van der Waals surface area contributed by atoms with Gasteiger partial charge in [0.15, 0.2) is 0 Å². The standard InChI is InChI=1S/C27H23BrFN3O3/c1-16-21(22-12-19(28)13-23(29)26(22)31-16)9-10-30-27(33)35-25-11-18-7-8-20(14-24(18)32-25)34-15-17-5-3-2-4-6-17/h2-8,11-14,31-32H,9-10,15H2,1H3,(H,30,33). The lowest BCUT2D eigenvalue weighted by Gasteiger charge is -2.06. The normalized spacial score (nSPS) is 11.2. The summed E-state index contributed by atoms with van der Waals surface area (Å²) in [6, 6.07) is 20.7. The quantitative estimate of drug-likeness (QED) is 0.215. The van der Waals surface area contributed by atoms with Crippen LogP contribution in [-0.2, 0) is 13.0 Å².